The van der Waals surface area contributed by atoms with E-state index in [9.17, 15) is 31.5 Å². The summed E-state index contributed by atoms with van der Waals surface area (Å²) in [4.78, 5) is 21.8. The number of aliphatic carboxylic acids is 1. The number of hydrogen-bond donors (Lipinski definition) is 2. The van der Waals surface area contributed by atoms with Gasteiger partial charge in [0.05, 0.1) is 5.41 Å². The highest BCUT2D eigenvalue weighted by molar-refractivity contribution is 5.83. The fourth-order valence-electron chi connectivity index (χ4n) is 1.15. The number of halogens is 5. The first kappa shape index (κ1) is 17.6. The van der Waals surface area contributed by atoms with Gasteiger partial charge in [0.1, 0.15) is 6.04 Å². The summed E-state index contributed by atoms with van der Waals surface area (Å²) in [6.07, 6.45) is -9.85. The first-order valence-electron chi connectivity index (χ1n) is 5.24. The molecule has 1 atom stereocenters. The van der Waals surface area contributed by atoms with Crippen LogP contribution in [-0.2, 0) is 9.59 Å². The minimum absolute atomic E-state index is 0.759. The van der Waals surface area contributed by atoms with E-state index in [2.05, 4.69) is 0 Å². The van der Waals surface area contributed by atoms with E-state index in [4.69, 9.17) is 5.11 Å². The van der Waals surface area contributed by atoms with Crippen molar-refractivity contribution in [3.05, 3.63) is 0 Å². The predicted octanol–water partition coefficient (Wildman–Crippen LogP) is 2.19. The fourth-order valence-corrected chi connectivity index (χ4v) is 1.15. The van der Waals surface area contributed by atoms with Crippen LogP contribution in [0.25, 0.3) is 0 Å². The third kappa shape index (κ3) is 5.84. The molecule has 0 heterocycles. The minimum atomic E-state index is -4.66. The molecule has 1 unspecified atom stereocenters. The average molecular weight is 291 g/mol. The van der Waals surface area contributed by atoms with Crippen molar-refractivity contribution in [2.24, 2.45) is 5.41 Å². The van der Waals surface area contributed by atoms with Crippen LogP contribution in [0.2, 0.25) is 0 Å². The van der Waals surface area contributed by atoms with Gasteiger partial charge < -0.3 is 10.4 Å². The maximum Gasteiger partial charge on any atom is 0.394 e. The number of rotatable bonds is 6. The zero-order valence-corrected chi connectivity index (χ0v) is 10.2. The summed E-state index contributed by atoms with van der Waals surface area (Å²) in [6.45, 7) is 1.52. The number of nitrogens with one attached hydrogen (secondary N) is 1. The minimum Gasteiger partial charge on any atom is -0.480 e. The van der Waals surface area contributed by atoms with Gasteiger partial charge in [0.25, 0.3) is 0 Å². The largest absolute Gasteiger partial charge is 0.480 e. The third-order valence-electron chi connectivity index (χ3n) is 2.42. The maximum atomic E-state index is 12.5. The molecule has 2 N–H and O–H groups in total. The van der Waals surface area contributed by atoms with Crippen LogP contribution in [0.5, 0.6) is 0 Å². The van der Waals surface area contributed by atoms with Gasteiger partial charge in [0, 0.05) is 12.8 Å². The van der Waals surface area contributed by atoms with Crippen molar-refractivity contribution in [1.82, 2.24) is 5.32 Å². The van der Waals surface area contributed by atoms with Crippen molar-refractivity contribution in [1.29, 1.82) is 0 Å². The normalized spacial score (nSPS) is 14.3. The van der Waals surface area contributed by atoms with Crippen LogP contribution >= 0.6 is 0 Å². The van der Waals surface area contributed by atoms with Gasteiger partial charge in [-0.15, -0.1) is 0 Å². The van der Waals surface area contributed by atoms with Gasteiger partial charge in [-0.1, -0.05) is 13.8 Å². The molecule has 0 aliphatic rings. The Balaban J connectivity index is 4.64. The Morgan fingerprint density at radius 3 is 2.00 bits per heavy atom. The van der Waals surface area contributed by atoms with E-state index < -0.39 is 48.8 Å². The Hall–Kier alpha value is -1.41. The summed E-state index contributed by atoms with van der Waals surface area (Å²) in [5.41, 5.74) is -2.37. The molecule has 0 aromatic carbocycles. The molecule has 0 aromatic rings. The van der Waals surface area contributed by atoms with Crippen LogP contribution in [-0.4, -0.2) is 35.6 Å². The Kier molecular flexibility index (Phi) is 5.70. The van der Waals surface area contributed by atoms with Gasteiger partial charge in [-0.3, -0.25) is 4.79 Å². The Bertz CT molecular complexity index is 341. The van der Waals surface area contributed by atoms with E-state index in [1.165, 1.54) is 0 Å². The van der Waals surface area contributed by atoms with E-state index in [0.717, 1.165) is 13.8 Å². The number of carbonyl (C=O) groups excluding carboxylic acids is 1. The first-order chi connectivity index (χ1) is 8.36. The zero-order valence-electron chi connectivity index (χ0n) is 10.2. The van der Waals surface area contributed by atoms with Gasteiger partial charge in [0.15, 0.2) is 0 Å². The van der Waals surface area contributed by atoms with E-state index in [-0.39, 0.29) is 0 Å². The van der Waals surface area contributed by atoms with Gasteiger partial charge in [-0.25, -0.2) is 13.6 Å². The van der Waals surface area contributed by atoms with Gasteiger partial charge >= 0.3 is 12.1 Å². The molecule has 0 aliphatic carbocycles. The highest BCUT2D eigenvalue weighted by Gasteiger charge is 2.48. The van der Waals surface area contributed by atoms with Crippen LogP contribution < -0.4 is 5.32 Å². The molecule has 9 heteroatoms. The molecule has 0 spiro atoms. The third-order valence-corrected chi connectivity index (χ3v) is 2.42. The molecule has 0 rings (SSSR count). The smallest absolute Gasteiger partial charge is 0.394 e. The lowest BCUT2D eigenvalue weighted by atomic mass is 9.88. The SMILES string of the molecule is CC(C)(CC(=O)NC(CC(F)F)C(=O)O)C(F)(F)F. The lowest BCUT2D eigenvalue weighted by molar-refractivity contribution is -0.213. The van der Waals surface area contributed by atoms with E-state index >= 15 is 0 Å². The van der Waals surface area contributed by atoms with Crippen LogP contribution in [0.4, 0.5) is 22.0 Å². The standard InChI is InChI=1S/C10H14F5NO3/c1-9(2,10(13,14)15)4-7(17)16-5(8(18)19)3-6(11)12/h5-6H,3-4H2,1-2H3,(H,16,17)(H,18,19). The van der Waals surface area contributed by atoms with E-state index in [0.29, 0.717) is 0 Å². The van der Waals surface area contributed by atoms with Crippen molar-refractivity contribution in [2.45, 2.75) is 45.3 Å². The lowest BCUT2D eigenvalue weighted by Crippen LogP contribution is -2.45. The van der Waals surface area contributed by atoms with Crippen LogP contribution in [0.3, 0.4) is 0 Å². The lowest BCUT2D eigenvalue weighted by Gasteiger charge is -2.27. The van der Waals surface area contributed by atoms with Crippen molar-refractivity contribution < 1.29 is 36.6 Å². The van der Waals surface area contributed by atoms with Crippen molar-refractivity contribution in [2.75, 3.05) is 0 Å². The second-order valence-corrected chi connectivity index (χ2v) is 4.64. The molecule has 0 saturated heterocycles. The van der Waals surface area contributed by atoms with Crippen molar-refractivity contribution in [3.8, 4) is 0 Å². The van der Waals surface area contributed by atoms with Crippen LogP contribution in [0.15, 0.2) is 0 Å². The summed E-state index contributed by atoms with van der Waals surface area (Å²) in [6, 6.07) is -1.91. The second-order valence-electron chi connectivity index (χ2n) is 4.64. The molecule has 0 saturated carbocycles. The maximum absolute atomic E-state index is 12.5. The van der Waals surface area contributed by atoms with Gasteiger partial charge in [0.2, 0.25) is 12.3 Å². The molecular weight excluding hydrogens is 277 g/mol. The first-order valence-corrected chi connectivity index (χ1v) is 5.24. The summed E-state index contributed by atoms with van der Waals surface area (Å²) in [5, 5.41) is 10.2. The molecule has 0 aromatic heterocycles. The molecule has 1 amide bonds. The number of alkyl halides is 5. The van der Waals surface area contributed by atoms with Gasteiger partial charge in [-0.2, -0.15) is 13.2 Å². The predicted molar refractivity (Wildman–Crippen MR) is 54.6 cm³/mol. The Morgan fingerprint density at radius 2 is 1.68 bits per heavy atom. The van der Waals surface area contributed by atoms with E-state index in [1.807, 2.05) is 0 Å². The zero-order chi connectivity index (χ0) is 15.4. The van der Waals surface area contributed by atoms with Crippen LogP contribution in [0, 0.1) is 5.41 Å². The monoisotopic (exact) mass is 291 g/mol. The van der Waals surface area contributed by atoms with E-state index in [1.54, 1.807) is 5.32 Å². The Labute approximate surface area is 106 Å². The Morgan fingerprint density at radius 1 is 1.21 bits per heavy atom. The quantitative estimate of drug-likeness (QED) is 0.737. The summed E-state index contributed by atoms with van der Waals surface area (Å²) in [7, 11) is 0. The number of amides is 1. The van der Waals surface area contributed by atoms with Crippen molar-refractivity contribution in [3.63, 3.8) is 0 Å². The van der Waals surface area contributed by atoms with Crippen LogP contribution in [0.1, 0.15) is 26.7 Å². The molecule has 0 radical (unpaired) electrons. The summed E-state index contributed by atoms with van der Waals surface area (Å²) in [5.74, 6) is -2.96. The highest BCUT2D eigenvalue weighted by atomic mass is 19.4. The molecular formula is C10H14F5NO3. The molecule has 0 aliphatic heterocycles. The summed E-state index contributed by atoms with van der Waals surface area (Å²) >= 11 is 0. The molecule has 0 fully saturated rings. The number of hydrogen-bond acceptors (Lipinski definition) is 2. The number of carboxylic acids is 1. The second kappa shape index (κ2) is 6.16. The fraction of sp³-hybridized carbons (Fsp3) is 0.800. The topological polar surface area (TPSA) is 66.4 Å². The number of carbonyl (C=O) groups is 2. The molecule has 4 nitrogen and oxygen atoms in total. The molecule has 112 valence electrons. The summed E-state index contributed by atoms with van der Waals surface area (Å²) < 4.78 is 61.5. The molecule has 0 bridgehead atoms. The average Bonchev–Trinajstić information content (AvgIpc) is 2.12. The highest BCUT2D eigenvalue weighted by Crippen LogP contribution is 2.40. The molecule has 19 heavy (non-hydrogen) atoms. The van der Waals surface area contributed by atoms with Crippen molar-refractivity contribution >= 4 is 11.9 Å². The van der Waals surface area contributed by atoms with Gasteiger partial charge in [-0.05, 0) is 0 Å². The number of carboxylic acid groups (broad SMARTS) is 1.